The first kappa shape index (κ1) is 18.6. The van der Waals surface area contributed by atoms with Gasteiger partial charge in [0, 0.05) is 18.7 Å². The number of allylic oxidation sites excluding steroid dienone is 1. The van der Waals surface area contributed by atoms with Crippen molar-refractivity contribution in [3.8, 4) is 17.4 Å². The Bertz CT molecular complexity index is 1270. The normalized spacial score (nSPS) is 12.3. The molecule has 2 heterocycles. The van der Waals surface area contributed by atoms with Gasteiger partial charge in [0.05, 0.1) is 22.2 Å². The third kappa shape index (κ3) is 3.52. The van der Waals surface area contributed by atoms with Crippen LogP contribution in [0.3, 0.4) is 0 Å². The first-order valence-corrected chi connectivity index (χ1v) is 8.68. The number of benzene rings is 2. The summed E-state index contributed by atoms with van der Waals surface area (Å²) in [5.41, 5.74) is 1.48. The van der Waals surface area contributed by atoms with E-state index in [-0.39, 0.29) is 11.3 Å². The highest BCUT2D eigenvalue weighted by molar-refractivity contribution is 5.90. The monoisotopic (exact) mass is 393 g/mol. The van der Waals surface area contributed by atoms with E-state index in [1.165, 1.54) is 18.2 Å². The van der Waals surface area contributed by atoms with Crippen LogP contribution in [0.5, 0.6) is 0 Å². The molecule has 0 amide bonds. The van der Waals surface area contributed by atoms with Gasteiger partial charge in [-0.2, -0.15) is 18.4 Å². The fourth-order valence-corrected chi connectivity index (χ4v) is 3.11. The van der Waals surface area contributed by atoms with Gasteiger partial charge in [0.15, 0.2) is 5.82 Å². The number of nitrogens with zero attached hydrogens (tertiary/aromatic N) is 3. The first-order valence-electron chi connectivity index (χ1n) is 8.68. The molecular weight excluding hydrogens is 379 g/mol. The number of furan rings is 1. The van der Waals surface area contributed by atoms with Crippen LogP contribution in [0, 0.1) is 11.3 Å². The van der Waals surface area contributed by atoms with Crippen molar-refractivity contribution < 1.29 is 17.6 Å². The molecule has 0 N–H and O–H groups in total. The Labute approximate surface area is 164 Å². The smallest absolute Gasteiger partial charge is 0.416 e. The highest BCUT2D eigenvalue weighted by atomic mass is 19.4. The van der Waals surface area contributed by atoms with Crippen LogP contribution in [0.1, 0.15) is 17.1 Å². The van der Waals surface area contributed by atoms with Crippen molar-refractivity contribution in [2.24, 2.45) is 7.05 Å². The second kappa shape index (κ2) is 6.99. The molecule has 7 heteroatoms. The number of hydrogen-bond donors (Lipinski definition) is 0. The Morgan fingerprint density at radius 3 is 2.62 bits per heavy atom. The SMILES string of the molecule is Cn1c(/C(C#N)=C/c2ccc(-c3cccc(C(F)(F)F)c3)o2)nc2ccccc21. The van der Waals surface area contributed by atoms with Crippen molar-refractivity contribution in [2.45, 2.75) is 6.18 Å². The molecule has 0 radical (unpaired) electrons. The van der Waals surface area contributed by atoms with Crippen LogP contribution in [-0.4, -0.2) is 9.55 Å². The number of aryl methyl sites for hydroxylation is 1. The molecule has 4 nitrogen and oxygen atoms in total. The van der Waals surface area contributed by atoms with Crippen LogP contribution in [0.15, 0.2) is 65.1 Å². The third-order valence-corrected chi connectivity index (χ3v) is 4.54. The van der Waals surface area contributed by atoms with Gasteiger partial charge < -0.3 is 8.98 Å². The van der Waals surface area contributed by atoms with E-state index in [4.69, 9.17) is 4.42 Å². The quantitative estimate of drug-likeness (QED) is 0.406. The highest BCUT2D eigenvalue weighted by Gasteiger charge is 2.30. The molecule has 0 fully saturated rings. The average Bonchev–Trinajstić information content (AvgIpc) is 3.31. The zero-order chi connectivity index (χ0) is 20.6. The Hall–Kier alpha value is -3.79. The maximum absolute atomic E-state index is 12.9. The summed E-state index contributed by atoms with van der Waals surface area (Å²) < 4.78 is 46.3. The maximum Gasteiger partial charge on any atom is 0.416 e. The van der Waals surface area contributed by atoms with E-state index in [2.05, 4.69) is 11.1 Å². The van der Waals surface area contributed by atoms with Crippen LogP contribution < -0.4 is 0 Å². The van der Waals surface area contributed by atoms with Crippen molar-refractivity contribution >= 4 is 22.7 Å². The lowest BCUT2D eigenvalue weighted by atomic mass is 10.1. The summed E-state index contributed by atoms with van der Waals surface area (Å²) in [7, 11) is 1.81. The van der Waals surface area contributed by atoms with Gasteiger partial charge in [0.1, 0.15) is 17.6 Å². The number of nitriles is 1. The second-order valence-electron chi connectivity index (χ2n) is 6.43. The lowest BCUT2D eigenvalue weighted by Crippen LogP contribution is -2.04. The van der Waals surface area contributed by atoms with Gasteiger partial charge in [0.25, 0.3) is 0 Å². The van der Waals surface area contributed by atoms with Crippen LogP contribution in [0.25, 0.3) is 34.0 Å². The van der Waals surface area contributed by atoms with Gasteiger partial charge in [-0.05, 0) is 36.4 Å². The zero-order valence-electron chi connectivity index (χ0n) is 15.2. The minimum atomic E-state index is -4.43. The summed E-state index contributed by atoms with van der Waals surface area (Å²) >= 11 is 0. The summed E-state index contributed by atoms with van der Waals surface area (Å²) in [6.45, 7) is 0. The Morgan fingerprint density at radius 1 is 1.10 bits per heavy atom. The molecule has 0 aliphatic carbocycles. The van der Waals surface area contributed by atoms with E-state index >= 15 is 0 Å². The molecule has 0 saturated carbocycles. The molecule has 0 atom stereocenters. The lowest BCUT2D eigenvalue weighted by Gasteiger charge is -2.07. The Balaban J connectivity index is 1.71. The number of aromatic nitrogens is 2. The van der Waals surface area contributed by atoms with E-state index < -0.39 is 11.7 Å². The average molecular weight is 393 g/mol. The summed E-state index contributed by atoms with van der Waals surface area (Å²) in [5.74, 6) is 1.11. The molecule has 29 heavy (non-hydrogen) atoms. The molecule has 0 spiro atoms. The van der Waals surface area contributed by atoms with Gasteiger partial charge >= 0.3 is 6.18 Å². The maximum atomic E-state index is 12.9. The topological polar surface area (TPSA) is 54.8 Å². The number of imidazole rings is 1. The number of hydrogen-bond acceptors (Lipinski definition) is 3. The third-order valence-electron chi connectivity index (χ3n) is 4.54. The van der Waals surface area contributed by atoms with Crippen molar-refractivity contribution in [3.05, 3.63) is 77.8 Å². The van der Waals surface area contributed by atoms with Crippen molar-refractivity contribution in [2.75, 3.05) is 0 Å². The highest BCUT2D eigenvalue weighted by Crippen LogP contribution is 2.33. The van der Waals surface area contributed by atoms with Crippen molar-refractivity contribution in [3.63, 3.8) is 0 Å². The van der Waals surface area contributed by atoms with Crippen molar-refractivity contribution in [1.82, 2.24) is 9.55 Å². The summed E-state index contributed by atoms with van der Waals surface area (Å²) in [6.07, 6.45) is -2.90. The number of rotatable bonds is 3. The molecule has 4 aromatic rings. The fourth-order valence-electron chi connectivity index (χ4n) is 3.11. The van der Waals surface area contributed by atoms with Gasteiger partial charge in [0.2, 0.25) is 0 Å². The lowest BCUT2D eigenvalue weighted by molar-refractivity contribution is -0.137. The van der Waals surface area contributed by atoms with Gasteiger partial charge in [-0.15, -0.1) is 0 Å². The Morgan fingerprint density at radius 2 is 1.90 bits per heavy atom. The number of para-hydroxylation sites is 2. The van der Waals surface area contributed by atoms with Crippen molar-refractivity contribution in [1.29, 1.82) is 5.26 Å². The van der Waals surface area contributed by atoms with Crippen LogP contribution in [0.4, 0.5) is 13.2 Å². The minimum Gasteiger partial charge on any atom is -0.457 e. The number of halogens is 3. The molecule has 0 aliphatic rings. The number of alkyl halides is 3. The molecule has 0 bridgehead atoms. The van der Waals surface area contributed by atoms with Gasteiger partial charge in [-0.3, -0.25) is 0 Å². The number of fused-ring (bicyclic) bond motifs is 1. The van der Waals surface area contributed by atoms with E-state index in [0.717, 1.165) is 23.2 Å². The van der Waals surface area contributed by atoms with E-state index in [9.17, 15) is 18.4 Å². The molecule has 144 valence electrons. The molecule has 0 aliphatic heterocycles. The van der Waals surface area contributed by atoms with E-state index in [0.29, 0.717) is 17.1 Å². The van der Waals surface area contributed by atoms with Gasteiger partial charge in [-0.1, -0.05) is 24.3 Å². The summed E-state index contributed by atoms with van der Waals surface area (Å²) in [6, 6.07) is 17.7. The van der Waals surface area contributed by atoms with Crippen LogP contribution in [-0.2, 0) is 13.2 Å². The summed E-state index contributed by atoms with van der Waals surface area (Å²) in [5, 5.41) is 9.60. The zero-order valence-corrected chi connectivity index (χ0v) is 15.2. The predicted octanol–water partition coefficient (Wildman–Crippen LogP) is 5.92. The minimum absolute atomic E-state index is 0.282. The standard InChI is InChI=1S/C22H14F3N3O/c1-28-19-8-3-2-7-18(19)27-21(28)15(13-26)12-17-9-10-20(29-17)14-5-4-6-16(11-14)22(23,24)25/h2-12H,1H3/b15-12+. The van der Waals surface area contributed by atoms with E-state index in [1.54, 1.807) is 16.7 Å². The second-order valence-corrected chi connectivity index (χ2v) is 6.43. The van der Waals surface area contributed by atoms with Crippen LogP contribution in [0.2, 0.25) is 0 Å². The Kier molecular flexibility index (Phi) is 4.47. The predicted molar refractivity (Wildman–Crippen MR) is 103 cm³/mol. The van der Waals surface area contributed by atoms with Gasteiger partial charge in [-0.25, -0.2) is 4.98 Å². The van der Waals surface area contributed by atoms with E-state index in [1.807, 2.05) is 31.3 Å². The first-order chi connectivity index (χ1) is 13.9. The molecular formula is C22H14F3N3O. The molecule has 4 rings (SSSR count). The molecule has 0 unspecified atom stereocenters. The molecule has 2 aromatic heterocycles. The molecule has 0 saturated heterocycles. The molecule has 2 aromatic carbocycles. The fraction of sp³-hybridized carbons (Fsp3) is 0.0909. The largest absolute Gasteiger partial charge is 0.457 e. The summed E-state index contributed by atoms with van der Waals surface area (Å²) in [4.78, 5) is 4.49. The van der Waals surface area contributed by atoms with Crippen LogP contribution >= 0.6 is 0 Å².